The average molecular weight is 223 g/mol. The molecule has 0 unspecified atom stereocenters. The summed E-state index contributed by atoms with van der Waals surface area (Å²) in [4.78, 5) is 0. The van der Waals surface area contributed by atoms with E-state index in [9.17, 15) is 4.39 Å². The van der Waals surface area contributed by atoms with E-state index < -0.39 is 0 Å². The van der Waals surface area contributed by atoms with Gasteiger partial charge in [-0.15, -0.1) is 0 Å². The maximum absolute atomic E-state index is 13.1. The molecule has 90 valence electrons. The molecule has 1 nitrogen and oxygen atoms in total. The summed E-state index contributed by atoms with van der Waals surface area (Å²) in [5.41, 5.74) is 1.11. The second-order valence-electron chi connectivity index (χ2n) is 4.89. The minimum absolute atomic E-state index is 0.0306. The Morgan fingerprint density at radius 3 is 2.62 bits per heavy atom. The Morgan fingerprint density at radius 2 is 2.00 bits per heavy atom. The van der Waals surface area contributed by atoms with E-state index in [0.29, 0.717) is 0 Å². The van der Waals surface area contributed by atoms with Crippen molar-refractivity contribution in [3.05, 3.63) is 35.6 Å². The van der Waals surface area contributed by atoms with Crippen LogP contribution in [0.2, 0.25) is 0 Å². The highest BCUT2D eigenvalue weighted by atomic mass is 19.1. The Hall–Kier alpha value is -0.890. The number of rotatable bonds is 6. The zero-order valence-corrected chi connectivity index (χ0v) is 10.5. The van der Waals surface area contributed by atoms with E-state index in [4.69, 9.17) is 0 Å². The molecule has 2 heteroatoms. The lowest BCUT2D eigenvalue weighted by molar-refractivity contribution is 0.454. The van der Waals surface area contributed by atoms with E-state index >= 15 is 0 Å². The summed E-state index contributed by atoms with van der Waals surface area (Å²) < 4.78 is 13.1. The second-order valence-corrected chi connectivity index (χ2v) is 4.89. The lowest BCUT2D eigenvalue weighted by Crippen LogP contribution is -2.26. The van der Waals surface area contributed by atoms with Crippen molar-refractivity contribution in [2.45, 2.75) is 39.0 Å². The third kappa shape index (κ3) is 3.93. The average Bonchev–Trinajstić information content (AvgIpc) is 2.24. The van der Waals surface area contributed by atoms with E-state index in [0.717, 1.165) is 31.5 Å². The summed E-state index contributed by atoms with van der Waals surface area (Å²) in [5, 5.41) is 3.38. The van der Waals surface area contributed by atoms with Crippen LogP contribution in [0.25, 0.3) is 0 Å². The van der Waals surface area contributed by atoms with Gasteiger partial charge in [-0.3, -0.25) is 0 Å². The molecule has 0 fully saturated rings. The first-order valence-corrected chi connectivity index (χ1v) is 6.03. The van der Waals surface area contributed by atoms with Crippen LogP contribution in [0, 0.1) is 5.82 Å². The van der Waals surface area contributed by atoms with Gasteiger partial charge in [-0.25, -0.2) is 4.39 Å². The molecule has 1 aromatic carbocycles. The van der Waals surface area contributed by atoms with Crippen LogP contribution in [0.5, 0.6) is 0 Å². The fraction of sp³-hybridized carbons (Fsp3) is 0.571. The van der Waals surface area contributed by atoms with E-state index in [1.807, 2.05) is 6.07 Å². The third-order valence-electron chi connectivity index (χ3n) is 2.96. The molecule has 0 amide bonds. The van der Waals surface area contributed by atoms with Crippen molar-refractivity contribution in [1.82, 2.24) is 5.32 Å². The van der Waals surface area contributed by atoms with Gasteiger partial charge >= 0.3 is 0 Å². The highest BCUT2D eigenvalue weighted by Gasteiger charge is 2.20. The van der Waals surface area contributed by atoms with Gasteiger partial charge in [0.1, 0.15) is 5.82 Å². The minimum atomic E-state index is -0.146. The Labute approximate surface area is 98.1 Å². The number of halogens is 1. The predicted octanol–water partition coefficient (Wildman–Crippen LogP) is 3.49. The largest absolute Gasteiger partial charge is 0.317 e. The predicted molar refractivity (Wildman–Crippen MR) is 67.2 cm³/mol. The molecular weight excluding hydrogens is 201 g/mol. The van der Waals surface area contributed by atoms with Gasteiger partial charge in [-0.05, 0) is 49.0 Å². The first-order valence-electron chi connectivity index (χ1n) is 6.03. The highest BCUT2D eigenvalue weighted by molar-refractivity contribution is 5.24. The normalized spacial score (nSPS) is 11.8. The SMILES string of the molecule is CCCNCCC(C)(C)c1cccc(F)c1. The van der Waals surface area contributed by atoms with E-state index in [-0.39, 0.29) is 11.2 Å². The van der Waals surface area contributed by atoms with Crippen molar-refractivity contribution in [2.75, 3.05) is 13.1 Å². The summed E-state index contributed by atoms with van der Waals surface area (Å²) in [7, 11) is 0. The van der Waals surface area contributed by atoms with Crippen molar-refractivity contribution < 1.29 is 4.39 Å². The van der Waals surface area contributed by atoms with Crippen LogP contribution in [0.1, 0.15) is 39.2 Å². The summed E-state index contributed by atoms with van der Waals surface area (Å²) in [6, 6.07) is 6.92. The standard InChI is InChI=1S/C14H22FN/c1-4-9-16-10-8-14(2,3)12-6-5-7-13(15)11-12/h5-7,11,16H,4,8-10H2,1-3H3. The van der Waals surface area contributed by atoms with Crippen molar-refractivity contribution in [3.63, 3.8) is 0 Å². The van der Waals surface area contributed by atoms with Crippen LogP contribution in [-0.4, -0.2) is 13.1 Å². The second kappa shape index (κ2) is 6.00. The van der Waals surface area contributed by atoms with E-state index in [1.54, 1.807) is 12.1 Å². The van der Waals surface area contributed by atoms with Crippen molar-refractivity contribution in [2.24, 2.45) is 0 Å². The van der Waals surface area contributed by atoms with Gasteiger partial charge in [0.25, 0.3) is 0 Å². The van der Waals surface area contributed by atoms with Gasteiger partial charge < -0.3 is 5.32 Å². The van der Waals surface area contributed by atoms with Gasteiger partial charge in [0.15, 0.2) is 0 Å². The Morgan fingerprint density at radius 1 is 1.25 bits per heavy atom. The highest BCUT2D eigenvalue weighted by Crippen LogP contribution is 2.26. The summed E-state index contributed by atoms with van der Waals surface area (Å²) in [6.45, 7) is 8.52. The van der Waals surface area contributed by atoms with Gasteiger partial charge in [-0.1, -0.05) is 32.9 Å². The van der Waals surface area contributed by atoms with Crippen LogP contribution in [0.3, 0.4) is 0 Å². The zero-order chi connectivity index (χ0) is 12.0. The van der Waals surface area contributed by atoms with Gasteiger partial charge in [0.05, 0.1) is 0 Å². The van der Waals surface area contributed by atoms with E-state index in [2.05, 4.69) is 26.1 Å². The molecule has 0 bridgehead atoms. The monoisotopic (exact) mass is 223 g/mol. The smallest absolute Gasteiger partial charge is 0.123 e. The van der Waals surface area contributed by atoms with Gasteiger partial charge in [0, 0.05) is 0 Å². The maximum Gasteiger partial charge on any atom is 0.123 e. The lowest BCUT2D eigenvalue weighted by atomic mass is 9.81. The molecule has 0 radical (unpaired) electrons. The molecule has 0 saturated heterocycles. The summed E-state index contributed by atoms with van der Waals surface area (Å²) >= 11 is 0. The molecular formula is C14H22FN. The Kier molecular flexibility index (Phi) is 4.94. The quantitative estimate of drug-likeness (QED) is 0.728. The minimum Gasteiger partial charge on any atom is -0.317 e. The van der Waals surface area contributed by atoms with Crippen molar-refractivity contribution >= 4 is 0 Å². The molecule has 16 heavy (non-hydrogen) atoms. The number of hydrogen-bond acceptors (Lipinski definition) is 1. The third-order valence-corrected chi connectivity index (χ3v) is 2.96. The van der Waals surface area contributed by atoms with Crippen molar-refractivity contribution in [3.8, 4) is 0 Å². The van der Waals surface area contributed by atoms with Crippen LogP contribution in [0.15, 0.2) is 24.3 Å². The molecule has 1 aromatic rings. The topological polar surface area (TPSA) is 12.0 Å². The number of nitrogens with one attached hydrogen (secondary N) is 1. The van der Waals surface area contributed by atoms with Crippen molar-refractivity contribution in [1.29, 1.82) is 0 Å². The molecule has 0 spiro atoms. The molecule has 0 saturated carbocycles. The first-order chi connectivity index (χ1) is 7.56. The molecule has 0 aliphatic carbocycles. The van der Waals surface area contributed by atoms with Crippen LogP contribution in [0.4, 0.5) is 4.39 Å². The Balaban J connectivity index is 2.55. The molecule has 0 aromatic heterocycles. The molecule has 0 heterocycles. The Bertz CT molecular complexity index is 320. The van der Waals surface area contributed by atoms with Crippen LogP contribution >= 0.6 is 0 Å². The number of benzene rings is 1. The molecule has 0 aliphatic heterocycles. The molecule has 0 aliphatic rings. The van der Waals surface area contributed by atoms with Crippen LogP contribution < -0.4 is 5.32 Å². The fourth-order valence-electron chi connectivity index (χ4n) is 1.76. The maximum atomic E-state index is 13.1. The zero-order valence-electron chi connectivity index (χ0n) is 10.5. The summed E-state index contributed by atoms with van der Waals surface area (Å²) in [6.07, 6.45) is 2.18. The first kappa shape index (κ1) is 13.2. The van der Waals surface area contributed by atoms with Gasteiger partial charge in [0.2, 0.25) is 0 Å². The van der Waals surface area contributed by atoms with E-state index in [1.165, 1.54) is 6.07 Å². The summed E-state index contributed by atoms with van der Waals surface area (Å²) in [5.74, 6) is -0.146. The van der Waals surface area contributed by atoms with Crippen LogP contribution in [-0.2, 0) is 5.41 Å². The van der Waals surface area contributed by atoms with Gasteiger partial charge in [-0.2, -0.15) is 0 Å². The molecule has 1 N–H and O–H groups in total. The number of hydrogen-bond donors (Lipinski definition) is 1. The molecule has 0 atom stereocenters. The lowest BCUT2D eigenvalue weighted by Gasteiger charge is -2.25. The fourth-order valence-corrected chi connectivity index (χ4v) is 1.76. The molecule has 1 rings (SSSR count).